The Labute approximate surface area is 165 Å². The molecule has 0 unspecified atom stereocenters. The van der Waals surface area contributed by atoms with Crippen molar-refractivity contribution in [3.63, 3.8) is 0 Å². The number of hydrogen-bond acceptors (Lipinski definition) is 4. The third-order valence-corrected chi connectivity index (χ3v) is 6.55. The molecule has 2 N–H and O–H groups in total. The van der Waals surface area contributed by atoms with Crippen molar-refractivity contribution in [3.8, 4) is 0 Å². The minimum absolute atomic E-state index is 0.111. The molecule has 1 aromatic heterocycles. The van der Waals surface area contributed by atoms with Crippen LogP contribution in [0.3, 0.4) is 0 Å². The molecule has 1 amide bonds. The molecule has 0 aliphatic heterocycles. The van der Waals surface area contributed by atoms with E-state index in [2.05, 4.69) is 30.5 Å². The molecule has 146 valence electrons. The molecule has 27 heavy (non-hydrogen) atoms. The zero-order valence-corrected chi connectivity index (χ0v) is 17.4. The van der Waals surface area contributed by atoms with Gasteiger partial charge in [0.2, 0.25) is 10.0 Å². The average Bonchev–Trinajstić information content (AvgIpc) is 3.05. The van der Waals surface area contributed by atoms with Crippen molar-refractivity contribution in [3.05, 3.63) is 63.9 Å². The number of aryl methyl sites for hydroxylation is 2. The van der Waals surface area contributed by atoms with E-state index in [1.165, 1.54) is 16.5 Å². The van der Waals surface area contributed by atoms with E-state index in [1.807, 2.05) is 6.07 Å². The zero-order chi connectivity index (χ0) is 19.9. The molecule has 0 spiro atoms. The first-order valence-corrected chi connectivity index (χ1v) is 11.5. The maximum atomic E-state index is 12.5. The summed E-state index contributed by atoms with van der Waals surface area (Å²) in [5, 5.41) is 2.88. The fourth-order valence-electron chi connectivity index (χ4n) is 2.65. The van der Waals surface area contributed by atoms with Gasteiger partial charge in [0.25, 0.3) is 5.91 Å². The number of amides is 1. The summed E-state index contributed by atoms with van der Waals surface area (Å²) in [5.41, 5.74) is 2.53. The second-order valence-corrected chi connectivity index (χ2v) is 9.15. The van der Waals surface area contributed by atoms with Gasteiger partial charge >= 0.3 is 0 Å². The van der Waals surface area contributed by atoms with Gasteiger partial charge in [-0.2, -0.15) is 0 Å². The molecule has 0 bridgehead atoms. The van der Waals surface area contributed by atoms with Crippen LogP contribution in [0.25, 0.3) is 0 Å². The lowest BCUT2D eigenvalue weighted by molar-refractivity contribution is 0.103. The van der Waals surface area contributed by atoms with Crippen LogP contribution in [0.15, 0.2) is 43.0 Å². The highest BCUT2D eigenvalue weighted by Crippen LogP contribution is 2.25. The second-order valence-electron chi connectivity index (χ2n) is 6.21. The highest BCUT2D eigenvalue weighted by atomic mass is 32.2. The monoisotopic (exact) mass is 406 g/mol. The number of thiophene rings is 1. The normalized spacial score (nSPS) is 11.3. The number of hydrogen-bond donors (Lipinski definition) is 2. The number of rotatable bonds is 10. The Bertz CT molecular complexity index is 884. The number of anilines is 1. The molecule has 0 atom stereocenters. The summed E-state index contributed by atoms with van der Waals surface area (Å²) in [6.45, 7) is 7.93. The molecule has 2 aromatic rings. The molecular formula is C20H26N2O3S2. The largest absolute Gasteiger partial charge is 0.321 e. The smallest absolute Gasteiger partial charge is 0.265 e. The molecule has 0 fully saturated rings. The maximum Gasteiger partial charge on any atom is 0.265 e. The van der Waals surface area contributed by atoms with Crippen molar-refractivity contribution in [1.29, 1.82) is 0 Å². The van der Waals surface area contributed by atoms with Crippen LogP contribution >= 0.6 is 11.3 Å². The van der Waals surface area contributed by atoms with Crippen molar-refractivity contribution >= 4 is 33.0 Å². The first-order valence-electron chi connectivity index (χ1n) is 8.98. The van der Waals surface area contributed by atoms with E-state index in [0.29, 0.717) is 16.1 Å². The summed E-state index contributed by atoms with van der Waals surface area (Å²) < 4.78 is 26.2. The van der Waals surface area contributed by atoms with Gasteiger partial charge in [-0.15, -0.1) is 17.9 Å². The number of carbonyl (C=O) groups excluding carboxylic acids is 1. The fraction of sp³-hybridized carbons (Fsp3) is 0.350. The number of nitrogens with one attached hydrogen (secondary N) is 2. The molecule has 2 rings (SSSR count). The van der Waals surface area contributed by atoms with Crippen LogP contribution in [0.4, 0.5) is 5.69 Å². The van der Waals surface area contributed by atoms with Crippen LogP contribution in [0.2, 0.25) is 0 Å². The van der Waals surface area contributed by atoms with Gasteiger partial charge in [0.1, 0.15) is 0 Å². The fourth-order valence-corrected chi connectivity index (χ4v) is 5.01. The van der Waals surface area contributed by atoms with Gasteiger partial charge in [-0.3, -0.25) is 4.79 Å². The maximum absolute atomic E-state index is 12.5. The molecule has 7 heteroatoms. The highest BCUT2D eigenvalue weighted by molar-refractivity contribution is 7.88. The third-order valence-electron chi connectivity index (χ3n) is 3.99. The van der Waals surface area contributed by atoms with Crippen LogP contribution < -0.4 is 10.0 Å². The number of carbonyl (C=O) groups is 1. The van der Waals surface area contributed by atoms with Crippen LogP contribution in [0, 0.1) is 0 Å². The highest BCUT2D eigenvalue weighted by Gasteiger charge is 2.14. The molecular weight excluding hydrogens is 380 g/mol. The SMILES string of the molecule is C=CCNS(=O)(=O)Cc1ccc(NC(=O)c2cc(CC)c(CCC)s2)cc1. The van der Waals surface area contributed by atoms with E-state index >= 15 is 0 Å². The van der Waals surface area contributed by atoms with Crippen LogP contribution in [-0.4, -0.2) is 20.9 Å². The van der Waals surface area contributed by atoms with Crippen molar-refractivity contribution in [1.82, 2.24) is 4.72 Å². The lowest BCUT2D eigenvalue weighted by Crippen LogP contribution is -2.25. The zero-order valence-electron chi connectivity index (χ0n) is 15.7. The summed E-state index contributed by atoms with van der Waals surface area (Å²) in [7, 11) is -3.39. The van der Waals surface area contributed by atoms with Gasteiger partial charge in [0, 0.05) is 17.1 Å². The van der Waals surface area contributed by atoms with E-state index in [-0.39, 0.29) is 18.2 Å². The van der Waals surface area contributed by atoms with Gasteiger partial charge in [0.05, 0.1) is 10.6 Å². The number of benzene rings is 1. The van der Waals surface area contributed by atoms with Gasteiger partial charge in [-0.25, -0.2) is 13.1 Å². The van der Waals surface area contributed by atoms with E-state index < -0.39 is 10.0 Å². The Morgan fingerprint density at radius 1 is 1.22 bits per heavy atom. The minimum atomic E-state index is -3.39. The summed E-state index contributed by atoms with van der Waals surface area (Å²) in [4.78, 5) is 14.5. The summed E-state index contributed by atoms with van der Waals surface area (Å²) in [6, 6.07) is 8.82. The average molecular weight is 407 g/mol. The lowest BCUT2D eigenvalue weighted by atomic mass is 10.1. The third kappa shape index (κ3) is 6.30. The van der Waals surface area contributed by atoms with Gasteiger partial charge in [-0.05, 0) is 42.2 Å². The summed E-state index contributed by atoms with van der Waals surface area (Å²) in [6.07, 6.45) is 4.46. The Morgan fingerprint density at radius 2 is 1.93 bits per heavy atom. The predicted molar refractivity (Wildman–Crippen MR) is 113 cm³/mol. The standard InChI is InChI=1S/C20H26N2O3S2/c1-4-7-18-16(6-3)13-19(26-18)20(23)22-17-10-8-15(9-11-17)14-27(24,25)21-12-5-2/h5,8-11,13,21H,2,4,6-7,12,14H2,1,3H3,(H,22,23). The number of sulfonamides is 1. The van der Waals surface area contributed by atoms with E-state index in [1.54, 1.807) is 35.6 Å². The Morgan fingerprint density at radius 3 is 2.52 bits per heavy atom. The molecule has 0 aliphatic carbocycles. The second kappa shape index (κ2) is 9.82. The van der Waals surface area contributed by atoms with Crippen LogP contribution in [-0.2, 0) is 28.6 Å². The van der Waals surface area contributed by atoms with Crippen molar-refractivity contribution in [2.24, 2.45) is 0 Å². The first kappa shape index (κ1) is 21.3. The van der Waals surface area contributed by atoms with E-state index in [0.717, 1.165) is 19.3 Å². The molecule has 0 aliphatic rings. The van der Waals surface area contributed by atoms with E-state index in [4.69, 9.17) is 0 Å². The predicted octanol–water partition coefficient (Wildman–Crippen LogP) is 4.12. The minimum Gasteiger partial charge on any atom is -0.321 e. The molecule has 0 radical (unpaired) electrons. The quantitative estimate of drug-likeness (QED) is 0.583. The molecule has 1 aromatic carbocycles. The Balaban J connectivity index is 2.03. The first-order chi connectivity index (χ1) is 12.9. The van der Waals surface area contributed by atoms with E-state index in [9.17, 15) is 13.2 Å². The van der Waals surface area contributed by atoms with Crippen LogP contribution in [0.1, 0.15) is 45.9 Å². The topological polar surface area (TPSA) is 75.3 Å². The Kier molecular flexibility index (Phi) is 7.77. The van der Waals surface area contributed by atoms with Gasteiger partial charge in [-0.1, -0.05) is 38.5 Å². The van der Waals surface area contributed by atoms with Gasteiger partial charge in [0.15, 0.2) is 0 Å². The Hall–Kier alpha value is -1.96. The van der Waals surface area contributed by atoms with Crippen molar-refractivity contribution in [2.75, 3.05) is 11.9 Å². The summed E-state index contributed by atoms with van der Waals surface area (Å²) in [5.74, 6) is -0.245. The lowest BCUT2D eigenvalue weighted by Gasteiger charge is -2.07. The van der Waals surface area contributed by atoms with Crippen molar-refractivity contribution in [2.45, 2.75) is 38.9 Å². The summed E-state index contributed by atoms with van der Waals surface area (Å²) >= 11 is 1.55. The molecule has 0 saturated heterocycles. The molecule has 0 saturated carbocycles. The molecule has 1 heterocycles. The molecule has 5 nitrogen and oxygen atoms in total. The van der Waals surface area contributed by atoms with Crippen molar-refractivity contribution < 1.29 is 13.2 Å². The van der Waals surface area contributed by atoms with Crippen LogP contribution in [0.5, 0.6) is 0 Å². The van der Waals surface area contributed by atoms with Gasteiger partial charge < -0.3 is 5.32 Å².